The third-order valence-corrected chi connectivity index (χ3v) is 6.28. The van der Waals surface area contributed by atoms with Crippen molar-refractivity contribution in [3.05, 3.63) is 100 Å². The molecular weight excluding hydrogens is 472 g/mol. The van der Waals surface area contributed by atoms with Crippen LogP contribution >= 0.6 is 11.6 Å². The van der Waals surface area contributed by atoms with Gasteiger partial charge in [-0.25, -0.2) is 13.6 Å². The molecule has 5 nitrogen and oxygen atoms in total. The van der Waals surface area contributed by atoms with Crippen LogP contribution in [0.4, 0.5) is 19.3 Å². The van der Waals surface area contributed by atoms with Crippen molar-refractivity contribution >= 4 is 23.3 Å². The first kappa shape index (κ1) is 25.1. The normalized spacial score (nSPS) is 15.1. The lowest BCUT2D eigenvalue weighted by atomic mass is 10.1. The van der Waals surface area contributed by atoms with Crippen LogP contribution in [-0.2, 0) is 11.3 Å². The van der Waals surface area contributed by atoms with Crippen LogP contribution in [0.5, 0.6) is 0 Å². The number of carbonyl (C=O) groups is 1. The molecule has 1 heterocycles. The second-order valence-electron chi connectivity index (χ2n) is 8.68. The van der Waals surface area contributed by atoms with E-state index in [1.807, 2.05) is 36.4 Å². The monoisotopic (exact) mass is 499 g/mol. The molecule has 1 saturated heterocycles. The second kappa shape index (κ2) is 11.6. The van der Waals surface area contributed by atoms with Crippen molar-refractivity contribution in [3.8, 4) is 0 Å². The van der Waals surface area contributed by atoms with Crippen LogP contribution in [0.1, 0.15) is 22.8 Å². The molecule has 1 fully saturated rings. The summed E-state index contributed by atoms with van der Waals surface area (Å²) in [6, 6.07) is 18.4. The lowest BCUT2D eigenvalue weighted by molar-refractivity contribution is 0.00592. The van der Waals surface area contributed by atoms with Gasteiger partial charge in [-0.1, -0.05) is 53.6 Å². The minimum absolute atomic E-state index is 0.162. The molecule has 8 heteroatoms. The quantitative estimate of drug-likeness (QED) is 0.431. The Bertz CT molecular complexity index is 1150. The molecule has 1 aliphatic rings. The maximum absolute atomic E-state index is 13.9. The van der Waals surface area contributed by atoms with Crippen LogP contribution in [0.25, 0.3) is 0 Å². The summed E-state index contributed by atoms with van der Waals surface area (Å²) in [5.74, 6) is -1.28. The molecule has 0 radical (unpaired) electrons. The van der Waals surface area contributed by atoms with Gasteiger partial charge < -0.3 is 15.0 Å². The van der Waals surface area contributed by atoms with Gasteiger partial charge in [-0.05, 0) is 42.3 Å². The van der Waals surface area contributed by atoms with E-state index < -0.39 is 17.7 Å². The molecule has 0 bridgehead atoms. The van der Waals surface area contributed by atoms with E-state index in [1.165, 1.54) is 5.56 Å². The van der Waals surface area contributed by atoms with Crippen LogP contribution in [0.3, 0.4) is 0 Å². The molecule has 1 atom stereocenters. The number of rotatable bonds is 7. The number of nitrogens with zero attached hydrogens (tertiary/aromatic N) is 2. The van der Waals surface area contributed by atoms with Gasteiger partial charge in [0.25, 0.3) is 0 Å². The van der Waals surface area contributed by atoms with Crippen molar-refractivity contribution in [3.63, 3.8) is 0 Å². The van der Waals surface area contributed by atoms with Crippen LogP contribution in [0, 0.1) is 18.6 Å². The summed E-state index contributed by atoms with van der Waals surface area (Å²) in [6.45, 7) is 5.40. The number of hydrogen-bond acceptors (Lipinski definition) is 3. The molecule has 1 N–H and O–H groups in total. The van der Waals surface area contributed by atoms with Crippen molar-refractivity contribution in [1.82, 2.24) is 9.80 Å². The molecule has 3 aromatic rings. The van der Waals surface area contributed by atoms with E-state index in [0.29, 0.717) is 44.4 Å². The number of hydrogen-bond donors (Lipinski definition) is 1. The summed E-state index contributed by atoms with van der Waals surface area (Å²) < 4.78 is 33.6. The molecule has 0 spiro atoms. The summed E-state index contributed by atoms with van der Waals surface area (Å²) in [5.41, 5.74) is 3.16. The van der Waals surface area contributed by atoms with Crippen LogP contribution in [0.15, 0.2) is 66.7 Å². The fourth-order valence-electron chi connectivity index (χ4n) is 4.09. The third kappa shape index (κ3) is 7.01. The van der Waals surface area contributed by atoms with Crippen LogP contribution in [-0.4, -0.2) is 48.6 Å². The standard InChI is InChI=1S/C27H28ClF2N3O2/c1-19-3-2-4-20(15-19)18-35-26(21-5-7-22(28)8-6-21)17-32-11-13-33(14-12-32)27(34)31-25-16-23(29)9-10-24(25)30/h2-10,15-16,26H,11-14,17-18H2,1H3,(H,31,34)/t26-/m0/s1. The highest BCUT2D eigenvalue weighted by atomic mass is 35.5. The topological polar surface area (TPSA) is 44.8 Å². The highest BCUT2D eigenvalue weighted by molar-refractivity contribution is 6.30. The SMILES string of the molecule is Cc1cccc(CO[C@@H](CN2CCN(C(=O)Nc3cc(F)ccc3F)CC2)c2ccc(Cl)cc2)c1. The lowest BCUT2D eigenvalue weighted by Crippen LogP contribution is -2.50. The number of urea groups is 1. The maximum atomic E-state index is 13.9. The van der Waals surface area contributed by atoms with Gasteiger partial charge in [-0.2, -0.15) is 0 Å². The number of nitrogens with one attached hydrogen (secondary N) is 1. The van der Waals surface area contributed by atoms with Crippen LogP contribution in [0.2, 0.25) is 5.02 Å². The molecule has 0 aliphatic carbocycles. The minimum Gasteiger partial charge on any atom is -0.368 e. The van der Waals surface area contributed by atoms with E-state index in [1.54, 1.807) is 4.90 Å². The number of carbonyl (C=O) groups excluding carboxylic acids is 1. The number of halogens is 3. The van der Waals surface area contributed by atoms with Gasteiger partial charge in [0.05, 0.1) is 18.4 Å². The maximum Gasteiger partial charge on any atom is 0.322 e. The summed E-state index contributed by atoms with van der Waals surface area (Å²) in [5, 5.41) is 3.13. The van der Waals surface area contributed by atoms with Gasteiger partial charge >= 0.3 is 6.03 Å². The Morgan fingerprint density at radius 1 is 1.03 bits per heavy atom. The smallest absolute Gasteiger partial charge is 0.322 e. The van der Waals surface area contributed by atoms with Crippen molar-refractivity contribution in [1.29, 1.82) is 0 Å². The number of piperazine rings is 1. The first-order chi connectivity index (χ1) is 16.9. The Hall–Kier alpha value is -3.00. The molecule has 0 aromatic heterocycles. The zero-order valence-corrected chi connectivity index (χ0v) is 20.3. The number of benzene rings is 3. The van der Waals surface area contributed by atoms with E-state index in [4.69, 9.17) is 16.3 Å². The fourth-order valence-corrected chi connectivity index (χ4v) is 4.21. The largest absolute Gasteiger partial charge is 0.368 e. The van der Waals surface area contributed by atoms with Gasteiger partial charge in [0.2, 0.25) is 0 Å². The number of anilines is 1. The van der Waals surface area contributed by atoms with E-state index in [9.17, 15) is 13.6 Å². The highest BCUT2D eigenvalue weighted by Crippen LogP contribution is 2.24. The Labute approximate surface area is 209 Å². The molecule has 184 valence electrons. The second-order valence-corrected chi connectivity index (χ2v) is 9.12. The summed E-state index contributed by atoms with van der Waals surface area (Å²) in [6.07, 6.45) is -0.172. The lowest BCUT2D eigenvalue weighted by Gasteiger charge is -2.36. The molecular formula is C27H28ClF2N3O2. The Kier molecular flexibility index (Phi) is 8.33. The average molecular weight is 500 g/mol. The third-order valence-electron chi connectivity index (χ3n) is 6.03. The number of ether oxygens (including phenoxy) is 1. The summed E-state index contributed by atoms with van der Waals surface area (Å²) in [7, 11) is 0. The number of aryl methyl sites for hydroxylation is 1. The molecule has 2 amide bonds. The van der Waals surface area contributed by atoms with Gasteiger partial charge in [-0.15, -0.1) is 0 Å². The average Bonchev–Trinajstić information content (AvgIpc) is 2.85. The zero-order chi connectivity index (χ0) is 24.8. The zero-order valence-electron chi connectivity index (χ0n) is 19.5. The fraction of sp³-hybridized carbons (Fsp3) is 0.296. The van der Waals surface area contributed by atoms with Crippen molar-refractivity contribution < 1.29 is 18.3 Å². The molecule has 4 rings (SSSR count). The molecule has 3 aromatic carbocycles. The van der Waals surface area contributed by atoms with Gasteiger partial charge in [0.1, 0.15) is 11.6 Å². The Morgan fingerprint density at radius 3 is 2.49 bits per heavy atom. The van der Waals surface area contributed by atoms with Crippen molar-refractivity contribution in [2.75, 3.05) is 38.0 Å². The van der Waals surface area contributed by atoms with Crippen molar-refractivity contribution in [2.45, 2.75) is 19.6 Å². The van der Waals surface area contributed by atoms with E-state index in [0.717, 1.165) is 29.3 Å². The van der Waals surface area contributed by atoms with Crippen molar-refractivity contribution in [2.24, 2.45) is 0 Å². The highest BCUT2D eigenvalue weighted by Gasteiger charge is 2.25. The van der Waals surface area contributed by atoms with Gasteiger partial charge in [0.15, 0.2) is 0 Å². The molecule has 0 saturated carbocycles. The van der Waals surface area contributed by atoms with E-state index in [2.05, 4.69) is 29.3 Å². The van der Waals surface area contributed by atoms with E-state index >= 15 is 0 Å². The molecule has 35 heavy (non-hydrogen) atoms. The van der Waals surface area contributed by atoms with Gasteiger partial charge in [0, 0.05) is 43.8 Å². The predicted molar refractivity (Wildman–Crippen MR) is 134 cm³/mol. The minimum atomic E-state index is -0.671. The van der Waals surface area contributed by atoms with E-state index in [-0.39, 0.29) is 11.8 Å². The Balaban J connectivity index is 1.36. The summed E-state index contributed by atoms with van der Waals surface area (Å²) in [4.78, 5) is 16.4. The Morgan fingerprint density at radius 2 is 1.77 bits per heavy atom. The molecule has 0 unspecified atom stereocenters. The van der Waals surface area contributed by atoms with Gasteiger partial charge in [-0.3, -0.25) is 4.90 Å². The first-order valence-electron chi connectivity index (χ1n) is 11.5. The predicted octanol–water partition coefficient (Wildman–Crippen LogP) is 6.03. The number of amides is 2. The first-order valence-corrected chi connectivity index (χ1v) is 11.9. The summed E-state index contributed by atoms with van der Waals surface area (Å²) >= 11 is 6.08. The molecule has 1 aliphatic heterocycles. The van der Waals surface area contributed by atoms with Crippen LogP contribution < -0.4 is 5.32 Å².